The molecule has 0 saturated heterocycles. The van der Waals surface area contributed by atoms with Gasteiger partial charge in [-0.15, -0.1) is 0 Å². The molecule has 2 N–H and O–H groups in total. The summed E-state index contributed by atoms with van der Waals surface area (Å²) in [5, 5.41) is 17.9. The first-order valence-electron chi connectivity index (χ1n) is 6.97. The van der Waals surface area contributed by atoms with E-state index in [9.17, 15) is 5.11 Å². The number of nitrogens with one attached hydrogen (secondary N) is 1. The fourth-order valence-electron chi connectivity index (χ4n) is 2.93. The molecule has 1 fully saturated rings. The third kappa shape index (κ3) is 2.93. The molecule has 1 aliphatic rings. The van der Waals surface area contributed by atoms with Crippen LogP contribution in [0.1, 0.15) is 42.6 Å². The van der Waals surface area contributed by atoms with Crippen molar-refractivity contribution in [3.63, 3.8) is 0 Å². The first-order chi connectivity index (χ1) is 8.59. The van der Waals surface area contributed by atoms with Gasteiger partial charge in [0.05, 0.1) is 11.8 Å². The van der Waals surface area contributed by atoms with Crippen molar-refractivity contribution in [2.75, 3.05) is 6.54 Å². The van der Waals surface area contributed by atoms with E-state index in [1.807, 2.05) is 18.7 Å². The molecule has 4 nitrogen and oxygen atoms in total. The van der Waals surface area contributed by atoms with Crippen LogP contribution in [0.25, 0.3) is 0 Å². The predicted molar refractivity (Wildman–Crippen MR) is 72.4 cm³/mol. The van der Waals surface area contributed by atoms with Crippen LogP contribution in [0.4, 0.5) is 0 Å². The largest absolute Gasteiger partial charge is 0.392 e. The molecule has 0 amide bonds. The molecule has 1 saturated carbocycles. The van der Waals surface area contributed by atoms with Crippen molar-refractivity contribution in [3.05, 3.63) is 17.0 Å². The summed E-state index contributed by atoms with van der Waals surface area (Å²) in [5.74, 6) is 0.508. The molecule has 18 heavy (non-hydrogen) atoms. The van der Waals surface area contributed by atoms with Gasteiger partial charge in [0.15, 0.2) is 0 Å². The van der Waals surface area contributed by atoms with Gasteiger partial charge in [0, 0.05) is 31.4 Å². The highest BCUT2D eigenvalue weighted by molar-refractivity contribution is 5.23. The van der Waals surface area contributed by atoms with Gasteiger partial charge >= 0.3 is 0 Å². The molecule has 0 spiro atoms. The van der Waals surface area contributed by atoms with Crippen molar-refractivity contribution in [2.24, 2.45) is 13.0 Å². The van der Waals surface area contributed by atoms with Crippen LogP contribution in [0.2, 0.25) is 0 Å². The molecule has 0 aromatic carbocycles. The van der Waals surface area contributed by atoms with Gasteiger partial charge in [-0.3, -0.25) is 4.68 Å². The van der Waals surface area contributed by atoms with Gasteiger partial charge in [0.2, 0.25) is 0 Å². The van der Waals surface area contributed by atoms with Gasteiger partial charge in [-0.05, 0) is 32.6 Å². The van der Waals surface area contributed by atoms with Crippen LogP contribution in [0.5, 0.6) is 0 Å². The zero-order valence-corrected chi connectivity index (χ0v) is 11.7. The summed E-state index contributed by atoms with van der Waals surface area (Å²) in [7, 11) is 1.97. The third-order valence-corrected chi connectivity index (χ3v) is 4.26. The first-order valence-corrected chi connectivity index (χ1v) is 6.97. The lowest BCUT2D eigenvalue weighted by Crippen LogP contribution is -2.31. The molecule has 1 unspecified atom stereocenters. The standard InChI is InChI=1S/C14H25N3O/c1-10-13(11(2)17(3)16-10)8-15-9-14(18)12-6-4-5-7-12/h12,14-15,18H,4-9H2,1-3H3. The second-order valence-electron chi connectivity index (χ2n) is 5.52. The molecule has 0 radical (unpaired) electrons. The Morgan fingerprint density at radius 1 is 1.39 bits per heavy atom. The van der Waals surface area contributed by atoms with Crippen molar-refractivity contribution in [1.82, 2.24) is 15.1 Å². The molecule has 102 valence electrons. The predicted octanol–water partition coefficient (Wildman–Crippen LogP) is 1.68. The number of aromatic nitrogens is 2. The van der Waals surface area contributed by atoms with E-state index < -0.39 is 0 Å². The second-order valence-corrected chi connectivity index (χ2v) is 5.52. The molecule has 1 aromatic rings. The highest BCUT2D eigenvalue weighted by Gasteiger charge is 2.22. The maximum Gasteiger partial charge on any atom is 0.0692 e. The van der Waals surface area contributed by atoms with E-state index in [0.717, 1.165) is 12.2 Å². The van der Waals surface area contributed by atoms with Gasteiger partial charge in [-0.1, -0.05) is 12.8 Å². The Bertz CT molecular complexity index is 394. The Morgan fingerprint density at radius 2 is 2.06 bits per heavy atom. The third-order valence-electron chi connectivity index (χ3n) is 4.26. The Kier molecular flexibility index (Phi) is 4.40. The lowest BCUT2D eigenvalue weighted by molar-refractivity contribution is 0.109. The Hall–Kier alpha value is -0.870. The lowest BCUT2D eigenvalue weighted by atomic mass is 10.0. The molecule has 4 heteroatoms. The average molecular weight is 251 g/mol. The summed E-state index contributed by atoms with van der Waals surface area (Å²) in [6, 6.07) is 0. The fraction of sp³-hybridized carbons (Fsp3) is 0.786. The number of nitrogens with zero attached hydrogens (tertiary/aromatic N) is 2. The molecule has 2 rings (SSSR count). The summed E-state index contributed by atoms with van der Waals surface area (Å²) in [4.78, 5) is 0. The van der Waals surface area contributed by atoms with E-state index in [1.165, 1.54) is 36.9 Å². The van der Waals surface area contributed by atoms with E-state index >= 15 is 0 Å². The first kappa shape index (κ1) is 13.6. The molecule has 0 aliphatic heterocycles. The number of rotatable bonds is 5. The zero-order valence-electron chi connectivity index (χ0n) is 11.7. The number of aliphatic hydroxyl groups is 1. The fourth-order valence-corrected chi connectivity index (χ4v) is 2.93. The summed E-state index contributed by atoms with van der Waals surface area (Å²) >= 11 is 0. The number of hydrogen-bond acceptors (Lipinski definition) is 3. The SMILES string of the molecule is Cc1nn(C)c(C)c1CNCC(O)C1CCCC1. The molecule has 0 bridgehead atoms. The van der Waals surface area contributed by atoms with Crippen molar-refractivity contribution >= 4 is 0 Å². The quantitative estimate of drug-likeness (QED) is 0.837. The van der Waals surface area contributed by atoms with Crippen LogP contribution in [0.15, 0.2) is 0 Å². The molecule has 1 atom stereocenters. The highest BCUT2D eigenvalue weighted by atomic mass is 16.3. The summed E-state index contributed by atoms with van der Waals surface area (Å²) in [6.45, 7) is 5.62. The van der Waals surface area contributed by atoms with Crippen LogP contribution in [-0.2, 0) is 13.6 Å². The van der Waals surface area contributed by atoms with Crippen LogP contribution in [-0.4, -0.2) is 27.5 Å². The van der Waals surface area contributed by atoms with E-state index in [-0.39, 0.29) is 6.10 Å². The van der Waals surface area contributed by atoms with E-state index in [0.29, 0.717) is 12.5 Å². The minimum absolute atomic E-state index is 0.190. The minimum Gasteiger partial charge on any atom is -0.392 e. The molecule has 1 aromatic heterocycles. The van der Waals surface area contributed by atoms with Crippen LogP contribution < -0.4 is 5.32 Å². The summed E-state index contributed by atoms with van der Waals surface area (Å²) in [6.07, 6.45) is 4.75. The van der Waals surface area contributed by atoms with Crippen molar-refractivity contribution in [2.45, 2.75) is 52.2 Å². The second kappa shape index (κ2) is 5.85. The Labute approximate surface area is 109 Å². The highest BCUT2D eigenvalue weighted by Crippen LogP contribution is 2.27. The topological polar surface area (TPSA) is 50.1 Å². The maximum absolute atomic E-state index is 10.1. The number of aliphatic hydroxyl groups excluding tert-OH is 1. The van der Waals surface area contributed by atoms with Crippen LogP contribution >= 0.6 is 0 Å². The monoisotopic (exact) mass is 251 g/mol. The van der Waals surface area contributed by atoms with Gasteiger partial charge in [-0.25, -0.2) is 0 Å². The molecule has 1 aliphatic carbocycles. The maximum atomic E-state index is 10.1. The minimum atomic E-state index is -0.190. The van der Waals surface area contributed by atoms with E-state index in [4.69, 9.17) is 0 Å². The van der Waals surface area contributed by atoms with Gasteiger partial charge in [-0.2, -0.15) is 5.10 Å². The Morgan fingerprint density at radius 3 is 2.61 bits per heavy atom. The smallest absolute Gasteiger partial charge is 0.0692 e. The van der Waals surface area contributed by atoms with Crippen molar-refractivity contribution < 1.29 is 5.11 Å². The van der Waals surface area contributed by atoms with E-state index in [1.54, 1.807) is 0 Å². The van der Waals surface area contributed by atoms with Crippen molar-refractivity contribution in [1.29, 1.82) is 0 Å². The zero-order chi connectivity index (χ0) is 13.1. The summed E-state index contributed by atoms with van der Waals surface area (Å²) < 4.78 is 1.92. The molecule has 1 heterocycles. The number of hydrogen-bond donors (Lipinski definition) is 2. The normalized spacial score (nSPS) is 18.4. The lowest BCUT2D eigenvalue weighted by Gasteiger charge is -2.18. The van der Waals surface area contributed by atoms with Crippen LogP contribution in [0.3, 0.4) is 0 Å². The van der Waals surface area contributed by atoms with Gasteiger partial charge in [0.25, 0.3) is 0 Å². The van der Waals surface area contributed by atoms with Crippen LogP contribution in [0, 0.1) is 19.8 Å². The molecular formula is C14H25N3O. The summed E-state index contributed by atoms with van der Waals surface area (Å²) in [5.41, 5.74) is 3.55. The number of aryl methyl sites for hydroxylation is 2. The van der Waals surface area contributed by atoms with Gasteiger partial charge < -0.3 is 10.4 Å². The average Bonchev–Trinajstić information content (AvgIpc) is 2.93. The van der Waals surface area contributed by atoms with E-state index in [2.05, 4.69) is 17.3 Å². The van der Waals surface area contributed by atoms with Crippen molar-refractivity contribution in [3.8, 4) is 0 Å². The molecular weight excluding hydrogens is 226 g/mol. The Balaban J connectivity index is 1.81. The van der Waals surface area contributed by atoms with Gasteiger partial charge in [0.1, 0.15) is 0 Å².